The number of aliphatic hydroxyl groups excluding tert-OH is 1. The lowest BCUT2D eigenvalue weighted by Gasteiger charge is -2.35. The summed E-state index contributed by atoms with van der Waals surface area (Å²) in [5, 5.41) is 9.36. The van der Waals surface area contributed by atoms with Crippen molar-refractivity contribution < 1.29 is 5.11 Å². The van der Waals surface area contributed by atoms with Gasteiger partial charge < -0.3 is 5.11 Å². The van der Waals surface area contributed by atoms with Gasteiger partial charge in [0.25, 0.3) is 0 Å². The number of hydrogen-bond donors (Lipinski definition) is 1. The van der Waals surface area contributed by atoms with Crippen LogP contribution in [0, 0.1) is 0 Å². The quantitative estimate of drug-likeness (QED) is 0.586. The average Bonchev–Trinajstić information content (AvgIpc) is 2.68. The minimum atomic E-state index is -0.362. The Kier molecular flexibility index (Phi) is 5.75. The van der Waals surface area contributed by atoms with Gasteiger partial charge in [-0.05, 0) is 34.6 Å². The van der Waals surface area contributed by atoms with Gasteiger partial charge in [0.15, 0.2) is 0 Å². The van der Waals surface area contributed by atoms with E-state index in [-0.39, 0.29) is 11.4 Å². The van der Waals surface area contributed by atoms with E-state index in [9.17, 15) is 5.11 Å². The Bertz CT molecular complexity index is 714. The molecule has 3 rings (SSSR count). The normalized spacial score (nSPS) is 12.2. The summed E-state index contributed by atoms with van der Waals surface area (Å²) in [5.41, 5.74) is 3.68. The number of aliphatic hydroxyl groups is 1. The fourth-order valence-electron chi connectivity index (χ4n) is 3.11. The van der Waals surface area contributed by atoms with Crippen LogP contribution in [0.2, 0.25) is 0 Å². The molecule has 1 nitrogen and oxygen atoms in total. The van der Waals surface area contributed by atoms with Gasteiger partial charge >= 0.3 is 0 Å². The molecular weight excluding hydrogens is 324 g/mol. The summed E-state index contributed by atoms with van der Waals surface area (Å²) in [4.78, 5) is 1.10. The molecule has 0 heterocycles. The molecular formula is C23H22OS. The van der Waals surface area contributed by atoms with Gasteiger partial charge in [0.05, 0.1) is 11.4 Å². The lowest BCUT2D eigenvalue weighted by atomic mass is 9.84. The zero-order valence-electron chi connectivity index (χ0n) is 14.3. The van der Waals surface area contributed by atoms with Crippen LogP contribution in [-0.4, -0.2) is 11.7 Å². The Balaban J connectivity index is 2.29. The van der Waals surface area contributed by atoms with Gasteiger partial charge in [0.1, 0.15) is 0 Å². The van der Waals surface area contributed by atoms with E-state index in [4.69, 9.17) is 0 Å². The van der Waals surface area contributed by atoms with E-state index in [2.05, 4.69) is 79.7 Å². The Labute approximate surface area is 154 Å². The van der Waals surface area contributed by atoms with Crippen molar-refractivity contribution in [1.82, 2.24) is 0 Å². The van der Waals surface area contributed by atoms with Gasteiger partial charge in [0, 0.05) is 0 Å². The van der Waals surface area contributed by atoms with Gasteiger partial charge in [-0.25, -0.2) is 0 Å². The molecule has 0 saturated heterocycles. The standard InChI is InChI=1S/C23H22OS/c1-19(17-18-24)25-23(20-11-5-2-6-12-20,21-13-7-3-8-14-21)22-15-9-4-10-16-22/h2-17,24H,18H2,1H3/b19-17+. The van der Waals surface area contributed by atoms with Crippen molar-refractivity contribution in [2.75, 3.05) is 6.61 Å². The van der Waals surface area contributed by atoms with Gasteiger partial charge in [0.2, 0.25) is 0 Å². The fourth-order valence-corrected chi connectivity index (χ4v) is 4.51. The van der Waals surface area contributed by atoms with Crippen LogP contribution in [0.5, 0.6) is 0 Å². The third-order valence-corrected chi connectivity index (χ3v) is 5.74. The molecule has 2 heteroatoms. The zero-order valence-corrected chi connectivity index (χ0v) is 15.1. The van der Waals surface area contributed by atoms with Gasteiger partial charge in [-0.2, -0.15) is 0 Å². The van der Waals surface area contributed by atoms with E-state index in [1.165, 1.54) is 16.7 Å². The van der Waals surface area contributed by atoms with Crippen LogP contribution < -0.4 is 0 Å². The smallest absolute Gasteiger partial charge is 0.0950 e. The molecule has 0 bridgehead atoms. The molecule has 25 heavy (non-hydrogen) atoms. The first-order chi connectivity index (χ1) is 12.3. The van der Waals surface area contributed by atoms with Crippen molar-refractivity contribution in [2.45, 2.75) is 11.7 Å². The number of rotatable bonds is 6. The molecule has 0 atom stereocenters. The highest BCUT2D eigenvalue weighted by atomic mass is 32.2. The van der Waals surface area contributed by atoms with E-state index in [1.807, 2.05) is 24.3 Å². The molecule has 0 unspecified atom stereocenters. The summed E-state index contributed by atoms with van der Waals surface area (Å²) in [6, 6.07) is 31.7. The fraction of sp³-hybridized carbons (Fsp3) is 0.130. The molecule has 0 radical (unpaired) electrons. The van der Waals surface area contributed by atoms with E-state index < -0.39 is 0 Å². The molecule has 0 spiro atoms. The number of thioether (sulfide) groups is 1. The average molecular weight is 346 g/mol. The van der Waals surface area contributed by atoms with Crippen LogP contribution in [0.3, 0.4) is 0 Å². The minimum Gasteiger partial charge on any atom is -0.392 e. The first-order valence-electron chi connectivity index (χ1n) is 8.40. The summed E-state index contributed by atoms with van der Waals surface area (Å²) in [6.45, 7) is 2.11. The van der Waals surface area contributed by atoms with Gasteiger partial charge in [-0.1, -0.05) is 91.0 Å². The second kappa shape index (κ2) is 8.19. The largest absolute Gasteiger partial charge is 0.392 e. The summed E-state index contributed by atoms with van der Waals surface area (Å²) >= 11 is 1.78. The Hall–Kier alpha value is -2.29. The second-order valence-electron chi connectivity index (χ2n) is 5.88. The first kappa shape index (κ1) is 17.5. The van der Waals surface area contributed by atoms with E-state index in [0.717, 1.165) is 4.91 Å². The molecule has 0 saturated carbocycles. The van der Waals surface area contributed by atoms with Gasteiger partial charge in [-0.15, -0.1) is 11.8 Å². The predicted octanol–water partition coefficient (Wildman–Crippen LogP) is 5.61. The highest BCUT2D eigenvalue weighted by Crippen LogP contribution is 2.51. The molecule has 3 aromatic rings. The third-order valence-electron chi connectivity index (χ3n) is 4.23. The van der Waals surface area contributed by atoms with Crippen molar-refractivity contribution in [3.8, 4) is 0 Å². The van der Waals surface area contributed by atoms with Crippen molar-refractivity contribution in [3.63, 3.8) is 0 Å². The van der Waals surface area contributed by atoms with Crippen LogP contribution >= 0.6 is 11.8 Å². The maximum Gasteiger partial charge on any atom is 0.0950 e. The topological polar surface area (TPSA) is 20.2 Å². The van der Waals surface area contributed by atoms with Crippen molar-refractivity contribution in [1.29, 1.82) is 0 Å². The third kappa shape index (κ3) is 3.71. The molecule has 3 aromatic carbocycles. The maximum atomic E-state index is 9.36. The van der Waals surface area contributed by atoms with Crippen LogP contribution in [-0.2, 0) is 4.75 Å². The Morgan fingerprint density at radius 2 is 1.12 bits per heavy atom. The molecule has 0 aliphatic carbocycles. The highest BCUT2D eigenvalue weighted by Gasteiger charge is 2.37. The Morgan fingerprint density at radius 1 is 0.760 bits per heavy atom. The lowest BCUT2D eigenvalue weighted by molar-refractivity contribution is 0.342. The van der Waals surface area contributed by atoms with Crippen LogP contribution in [0.15, 0.2) is 102 Å². The Morgan fingerprint density at radius 3 is 1.44 bits per heavy atom. The van der Waals surface area contributed by atoms with E-state index >= 15 is 0 Å². The first-order valence-corrected chi connectivity index (χ1v) is 9.22. The zero-order chi connectivity index (χ0) is 17.5. The summed E-state index contributed by atoms with van der Waals surface area (Å²) in [7, 11) is 0. The predicted molar refractivity (Wildman–Crippen MR) is 108 cm³/mol. The SMILES string of the molecule is C/C(=C\CO)SC(c1ccccc1)(c1ccccc1)c1ccccc1. The minimum absolute atomic E-state index is 0.0489. The number of allylic oxidation sites excluding steroid dienone is 1. The molecule has 0 aromatic heterocycles. The molecule has 126 valence electrons. The summed E-state index contributed by atoms with van der Waals surface area (Å²) in [6.07, 6.45) is 1.87. The van der Waals surface area contributed by atoms with Crippen LogP contribution in [0.1, 0.15) is 23.6 Å². The lowest BCUT2D eigenvalue weighted by Crippen LogP contribution is -2.25. The van der Waals surface area contributed by atoms with Crippen molar-refractivity contribution in [3.05, 3.63) is 119 Å². The van der Waals surface area contributed by atoms with Crippen LogP contribution in [0.4, 0.5) is 0 Å². The summed E-state index contributed by atoms with van der Waals surface area (Å²) in [5.74, 6) is 0. The number of benzene rings is 3. The second-order valence-corrected chi connectivity index (χ2v) is 7.34. The molecule has 0 amide bonds. The van der Waals surface area contributed by atoms with Crippen LogP contribution in [0.25, 0.3) is 0 Å². The number of hydrogen-bond acceptors (Lipinski definition) is 2. The van der Waals surface area contributed by atoms with E-state index in [0.29, 0.717) is 0 Å². The molecule has 0 aliphatic rings. The van der Waals surface area contributed by atoms with Gasteiger partial charge in [-0.3, -0.25) is 0 Å². The van der Waals surface area contributed by atoms with E-state index in [1.54, 1.807) is 11.8 Å². The monoisotopic (exact) mass is 346 g/mol. The molecule has 0 fully saturated rings. The maximum absolute atomic E-state index is 9.36. The summed E-state index contributed by atoms with van der Waals surface area (Å²) < 4.78 is -0.362. The molecule has 1 N–H and O–H groups in total. The molecule has 0 aliphatic heterocycles. The highest BCUT2D eigenvalue weighted by molar-refractivity contribution is 8.04. The van der Waals surface area contributed by atoms with Crippen molar-refractivity contribution >= 4 is 11.8 Å². The van der Waals surface area contributed by atoms with Crippen molar-refractivity contribution in [2.24, 2.45) is 0 Å².